The molecule has 2 fully saturated rings. The van der Waals surface area contributed by atoms with Crippen LogP contribution < -0.4 is 5.73 Å². The lowest BCUT2D eigenvalue weighted by Gasteiger charge is -2.53. The predicted octanol–water partition coefficient (Wildman–Crippen LogP) is 3.09. The number of nitrogens with zero attached hydrogens (tertiary/aromatic N) is 2. The largest absolute Gasteiger partial charge is 0.329 e. The van der Waals surface area contributed by atoms with Crippen LogP contribution in [0.5, 0.6) is 0 Å². The summed E-state index contributed by atoms with van der Waals surface area (Å²) in [5.74, 6) is 0.785. The Morgan fingerprint density at radius 3 is 2.48 bits per heavy atom. The Morgan fingerprint density at radius 2 is 1.95 bits per heavy atom. The topological polar surface area (TPSA) is 32.5 Å². The molecule has 0 aromatic carbocycles. The van der Waals surface area contributed by atoms with Gasteiger partial charge in [-0.1, -0.05) is 26.7 Å². The third-order valence-electron chi connectivity index (χ3n) is 6.06. The minimum atomic E-state index is 0.260. The minimum absolute atomic E-state index is 0.260. The summed E-state index contributed by atoms with van der Waals surface area (Å²) in [7, 11) is 2.26. The van der Waals surface area contributed by atoms with Crippen molar-refractivity contribution in [1.82, 2.24) is 9.80 Å². The molecule has 1 saturated carbocycles. The lowest BCUT2D eigenvalue weighted by molar-refractivity contribution is -0.0180. The van der Waals surface area contributed by atoms with E-state index >= 15 is 0 Å². The van der Waals surface area contributed by atoms with Gasteiger partial charge in [0.25, 0.3) is 0 Å². The smallest absolute Gasteiger partial charge is 0.0361 e. The first-order valence-electron chi connectivity index (χ1n) is 9.15. The fraction of sp³-hybridized carbons (Fsp3) is 1.00. The number of likely N-dealkylation sites (tertiary alicyclic amines) is 1. The van der Waals surface area contributed by atoms with Gasteiger partial charge in [-0.25, -0.2) is 0 Å². The molecule has 3 nitrogen and oxygen atoms in total. The molecule has 0 aromatic rings. The summed E-state index contributed by atoms with van der Waals surface area (Å²) in [6, 6.07) is 1.45. The zero-order valence-electron chi connectivity index (χ0n) is 14.8. The second-order valence-corrected chi connectivity index (χ2v) is 8.03. The van der Waals surface area contributed by atoms with E-state index in [4.69, 9.17) is 5.73 Å². The van der Waals surface area contributed by atoms with Gasteiger partial charge in [0.1, 0.15) is 0 Å². The van der Waals surface area contributed by atoms with Gasteiger partial charge in [0.2, 0.25) is 0 Å². The van der Waals surface area contributed by atoms with Gasteiger partial charge >= 0.3 is 0 Å². The molecular formula is C18H37N3. The lowest BCUT2D eigenvalue weighted by atomic mass is 9.80. The molecule has 2 aliphatic rings. The third-order valence-corrected chi connectivity index (χ3v) is 6.06. The Labute approximate surface area is 132 Å². The van der Waals surface area contributed by atoms with Crippen molar-refractivity contribution >= 4 is 0 Å². The van der Waals surface area contributed by atoms with Crippen LogP contribution in [0.2, 0.25) is 0 Å². The summed E-state index contributed by atoms with van der Waals surface area (Å²) in [6.07, 6.45) is 9.42. The van der Waals surface area contributed by atoms with Gasteiger partial charge in [0.15, 0.2) is 0 Å². The monoisotopic (exact) mass is 295 g/mol. The summed E-state index contributed by atoms with van der Waals surface area (Å²) in [5.41, 5.74) is 6.62. The van der Waals surface area contributed by atoms with Crippen LogP contribution in [0.15, 0.2) is 0 Å². The van der Waals surface area contributed by atoms with Crippen LogP contribution in [0.25, 0.3) is 0 Å². The maximum atomic E-state index is 6.36. The van der Waals surface area contributed by atoms with Gasteiger partial charge in [-0.15, -0.1) is 0 Å². The molecular weight excluding hydrogens is 258 g/mol. The van der Waals surface area contributed by atoms with Crippen LogP contribution in [0.1, 0.15) is 65.7 Å². The van der Waals surface area contributed by atoms with Crippen molar-refractivity contribution in [3.8, 4) is 0 Å². The highest BCUT2D eigenvalue weighted by molar-refractivity contribution is 5.01. The minimum Gasteiger partial charge on any atom is -0.329 e. The lowest BCUT2D eigenvalue weighted by Crippen LogP contribution is -2.63. The molecule has 0 spiro atoms. The van der Waals surface area contributed by atoms with Gasteiger partial charge in [0.05, 0.1) is 0 Å². The van der Waals surface area contributed by atoms with E-state index in [0.29, 0.717) is 6.04 Å². The van der Waals surface area contributed by atoms with E-state index in [1.807, 2.05) is 0 Å². The van der Waals surface area contributed by atoms with E-state index in [0.717, 1.165) is 18.5 Å². The maximum absolute atomic E-state index is 6.36. The number of hydrogen-bond acceptors (Lipinski definition) is 3. The Kier molecular flexibility index (Phi) is 6.10. The number of rotatable bonds is 6. The van der Waals surface area contributed by atoms with Crippen LogP contribution in [-0.4, -0.2) is 54.1 Å². The van der Waals surface area contributed by atoms with E-state index < -0.39 is 0 Å². The van der Waals surface area contributed by atoms with Crippen molar-refractivity contribution in [2.24, 2.45) is 11.7 Å². The highest BCUT2D eigenvalue weighted by Crippen LogP contribution is 2.37. The Hall–Kier alpha value is -0.120. The van der Waals surface area contributed by atoms with Gasteiger partial charge in [-0.05, 0) is 65.1 Å². The van der Waals surface area contributed by atoms with Gasteiger partial charge < -0.3 is 10.6 Å². The fourth-order valence-electron chi connectivity index (χ4n) is 4.40. The molecule has 3 heteroatoms. The molecule has 2 rings (SSSR count). The first-order valence-corrected chi connectivity index (χ1v) is 9.15. The van der Waals surface area contributed by atoms with Crippen LogP contribution in [-0.2, 0) is 0 Å². The Bertz CT molecular complexity index is 312. The van der Waals surface area contributed by atoms with E-state index in [1.54, 1.807) is 0 Å². The number of piperidine rings is 1. The average Bonchev–Trinajstić information content (AvgIpc) is 2.96. The van der Waals surface area contributed by atoms with E-state index in [9.17, 15) is 0 Å². The van der Waals surface area contributed by atoms with E-state index in [-0.39, 0.29) is 5.54 Å². The molecule has 1 saturated heterocycles. The van der Waals surface area contributed by atoms with E-state index in [2.05, 4.69) is 37.6 Å². The zero-order chi connectivity index (χ0) is 15.5. The molecule has 2 atom stereocenters. The Balaban J connectivity index is 2.14. The summed E-state index contributed by atoms with van der Waals surface area (Å²) >= 11 is 0. The molecule has 1 aliphatic carbocycles. The molecule has 0 amide bonds. The summed E-state index contributed by atoms with van der Waals surface area (Å²) < 4.78 is 0. The SMILES string of the molecule is CC(C)CCN(C1CCCC1)C1(CN)CCN(C)C(C)C1. The van der Waals surface area contributed by atoms with Crippen LogP contribution in [0.3, 0.4) is 0 Å². The van der Waals surface area contributed by atoms with Gasteiger partial charge in [0, 0.05) is 24.2 Å². The second kappa shape index (κ2) is 7.43. The molecule has 21 heavy (non-hydrogen) atoms. The molecule has 1 heterocycles. The standard InChI is InChI=1S/C18H37N3/c1-15(2)9-11-21(17-7-5-6-8-17)18(14-19)10-12-20(4)16(3)13-18/h15-17H,5-14,19H2,1-4H3. The molecule has 2 unspecified atom stereocenters. The van der Waals surface area contributed by atoms with Crippen LogP contribution >= 0.6 is 0 Å². The third kappa shape index (κ3) is 4.00. The van der Waals surface area contributed by atoms with Crippen molar-refractivity contribution in [1.29, 1.82) is 0 Å². The van der Waals surface area contributed by atoms with Crippen LogP contribution in [0.4, 0.5) is 0 Å². The molecule has 0 aromatic heterocycles. The van der Waals surface area contributed by atoms with Crippen molar-refractivity contribution in [2.75, 3.05) is 26.7 Å². The first-order chi connectivity index (χ1) is 9.98. The quantitative estimate of drug-likeness (QED) is 0.817. The highest BCUT2D eigenvalue weighted by atomic mass is 15.3. The number of hydrogen-bond donors (Lipinski definition) is 1. The van der Waals surface area contributed by atoms with E-state index in [1.165, 1.54) is 58.0 Å². The van der Waals surface area contributed by atoms with Crippen molar-refractivity contribution in [3.63, 3.8) is 0 Å². The van der Waals surface area contributed by atoms with Crippen molar-refractivity contribution < 1.29 is 0 Å². The summed E-state index contributed by atoms with van der Waals surface area (Å²) in [5, 5.41) is 0. The Morgan fingerprint density at radius 1 is 1.29 bits per heavy atom. The summed E-state index contributed by atoms with van der Waals surface area (Å²) in [6.45, 7) is 10.3. The molecule has 1 aliphatic heterocycles. The first kappa shape index (κ1) is 17.2. The average molecular weight is 296 g/mol. The predicted molar refractivity (Wildman–Crippen MR) is 91.5 cm³/mol. The van der Waals surface area contributed by atoms with Gasteiger partial charge in [-0.3, -0.25) is 4.90 Å². The highest BCUT2D eigenvalue weighted by Gasteiger charge is 2.43. The van der Waals surface area contributed by atoms with Crippen molar-refractivity contribution in [2.45, 2.75) is 83.3 Å². The fourth-order valence-corrected chi connectivity index (χ4v) is 4.40. The van der Waals surface area contributed by atoms with Crippen LogP contribution in [0, 0.1) is 5.92 Å². The number of nitrogens with two attached hydrogens (primary N) is 1. The van der Waals surface area contributed by atoms with Crippen molar-refractivity contribution in [3.05, 3.63) is 0 Å². The molecule has 124 valence electrons. The molecule has 0 bridgehead atoms. The summed E-state index contributed by atoms with van der Waals surface area (Å²) in [4.78, 5) is 5.37. The zero-order valence-corrected chi connectivity index (χ0v) is 14.8. The molecule has 0 radical (unpaired) electrons. The normalized spacial score (nSPS) is 32.4. The molecule has 2 N–H and O–H groups in total. The maximum Gasteiger partial charge on any atom is 0.0361 e. The van der Waals surface area contributed by atoms with Gasteiger partial charge in [-0.2, -0.15) is 0 Å². The second-order valence-electron chi connectivity index (χ2n) is 8.03.